The molecule has 0 unspecified atom stereocenters. The van der Waals surface area contributed by atoms with Gasteiger partial charge >= 0.3 is 0 Å². The van der Waals surface area contributed by atoms with E-state index in [0.29, 0.717) is 16.1 Å². The summed E-state index contributed by atoms with van der Waals surface area (Å²) in [5.74, 6) is 0. The highest BCUT2D eigenvalue weighted by atomic mass is 32.1. The summed E-state index contributed by atoms with van der Waals surface area (Å²) < 4.78 is 5.73. The first-order valence-corrected chi connectivity index (χ1v) is 6.77. The van der Waals surface area contributed by atoms with E-state index >= 15 is 0 Å². The number of benzene rings is 3. The fourth-order valence-electron chi connectivity index (χ4n) is 2.78. The van der Waals surface area contributed by atoms with Crippen molar-refractivity contribution in [3.8, 4) is 0 Å². The Hall–Kier alpha value is -2.26. The van der Waals surface area contributed by atoms with E-state index in [0.717, 1.165) is 21.5 Å². The lowest BCUT2D eigenvalue weighted by Crippen LogP contribution is -2.00. The van der Waals surface area contributed by atoms with E-state index in [9.17, 15) is 4.79 Å². The maximum atomic E-state index is 12.3. The van der Waals surface area contributed by atoms with Gasteiger partial charge in [0.1, 0.15) is 5.58 Å². The fraction of sp³-hybridized carbons (Fsp3) is 0. The van der Waals surface area contributed by atoms with Gasteiger partial charge in [0.05, 0.1) is 5.39 Å². The van der Waals surface area contributed by atoms with Crippen LogP contribution in [0.3, 0.4) is 0 Å². The third kappa shape index (κ3) is 1.50. The van der Waals surface area contributed by atoms with E-state index in [4.69, 9.17) is 4.42 Å². The van der Waals surface area contributed by atoms with Gasteiger partial charge in [-0.05, 0) is 16.2 Å². The molecular formula is C17H10O2S. The molecule has 1 heterocycles. The molecule has 0 aliphatic carbocycles. The molecule has 0 fully saturated rings. The minimum atomic E-state index is -0.0572. The Bertz CT molecular complexity index is 1030. The molecular weight excluding hydrogens is 268 g/mol. The normalized spacial score (nSPS) is 11.4. The standard InChI is InChI=1S/C17H10O2S/c18-14-9-15(20)19-17-13-8-4-2-6-11(13)10-5-1-3-7-12(10)16(14)17/h1-9,20H. The van der Waals surface area contributed by atoms with Crippen LogP contribution in [-0.2, 0) is 0 Å². The van der Waals surface area contributed by atoms with Gasteiger partial charge in [-0.15, -0.1) is 12.6 Å². The Morgan fingerprint density at radius 3 is 2.05 bits per heavy atom. The molecule has 0 atom stereocenters. The zero-order valence-corrected chi connectivity index (χ0v) is 11.4. The molecule has 0 aliphatic heterocycles. The molecule has 4 rings (SSSR count). The molecule has 0 bridgehead atoms. The first-order valence-electron chi connectivity index (χ1n) is 6.32. The lowest BCUT2D eigenvalue weighted by molar-refractivity contribution is 0.505. The van der Waals surface area contributed by atoms with Crippen LogP contribution in [0.15, 0.2) is 68.9 Å². The highest BCUT2D eigenvalue weighted by molar-refractivity contribution is 7.80. The summed E-state index contributed by atoms with van der Waals surface area (Å²) in [6.45, 7) is 0. The van der Waals surface area contributed by atoms with Gasteiger partial charge in [0.25, 0.3) is 0 Å². The van der Waals surface area contributed by atoms with Crippen LogP contribution < -0.4 is 5.43 Å². The van der Waals surface area contributed by atoms with Crippen LogP contribution in [0.4, 0.5) is 0 Å². The van der Waals surface area contributed by atoms with Crippen molar-refractivity contribution < 1.29 is 4.42 Å². The van der Waals surface area contributed by atoms with Crippen molar-refractivity contribution in [3.05, 3.63) is 64.8 Å². The lowest BCUT2D eigenvalue weighted by Gasteiger charge is -2.08. The summed E-state index contributed by atoms with van der Waals surface area (Å²) in [5.41, 5.74) is 0.551. The van der Waals surface area contributed by atoms with Crippen LogP contribution >= 0.6 is 12.6 Å². The van der Waals surface area contributed by atoms with Crippen molar-refractivity contribution in [2.24, 2.45) is 0 Å². The Balaban J connectivity index is 2.49. The second-order valence-electron chi connectivity index (χ2n) is 4.74. The molecule has 0 amide bonds. The highest BCUT2D eigenvalue weighted by Crippen LogP contribution is 2.33. The summed E-state index contributed by atoms with van der Waals surface area (Å²) >= 11 is 4.18. The monoisotopic (exact) mass is 278 g/mol. The van der Waals surface area contributed by atoms with E-state index in [1.165, 1.54) is 6.07 Å². The summed E-state index contributed by atoms with van der Waals surface area (Å²) in [7, 11) is 0. The number of hydrogen-bond acceptors (Lipinski definition) is 3. The highest BCUT2D eigenvalue weighted by Gasteiger charge is 2.12. The van der Waals surface area contributed by atoms with Gasteiger partial charge in [-0.25, -0.2) is 0 Å². The molecule has 0 aliphatic rings. The second-order valence-corrected chi connectivity index (χ2v) is 5.18. The maximum Gasteiger partial charge on any atom is 0.194 e. The molecule has 1 aromatic heterocycles. The molecule has 4 aromatic rings. The Labute approximate surface area is 120 Å². The molecule has 0 radical (unpaired) electrons. The van der Waals surface area contributed by atoms with Gasteiger partial charge in [-0.3, -0.25) is 4.79 Å². The average Bonchev–Trinajstić information content (AvgIpc) is 2.47. The van der Waals surface area contributed by atoms with Crippen LogP contribution in [-0.4, -0.2) is 0 Å². The van der Waals surface area contributed by atoms with Crippen molar-refractivity contribution in [1.29, 1.82) is 0 Å². The van der Waals surface area contributed by atoms with Crippen LogP contribution in [0.5, 0.6) is 0 Å². The predicted molar refractivity (Wildman–Crippen MR) is 84.7 cm³/mol. The van der Waals surface area contributed by atoms with E-state index in [1.54, 1.807) is 0 Å². The number of rotatable bonds is 0. The molecule has 0 N–H and O–H groups in total. The summed E-state index contributed by atoms with van der Waals surface area (Å²) in [4.78, 5) is 12.3. The minimum Gasteiger partial charge on any atom is -0.449 e. The molecule has 96 valence electrons. The number of fused-ring (bicyclic) bond motifs is 6. The third-order valence-corrected chi connectivity index (χ3v) is 3.81. The zero-order valence-electron chi connectivity index (χ0n) is 10.5. The van der Waals surface area contributed by atoms with Gasteiger partial charge in [0, 0.05) is 11.5 Å². The van der Waals surface area contributed by atoms with E-state index in [2.05, 4.69) is 12.6 Å². The van der Waals surface area contributed by atoms with Gasteiger partial charge in [-0.1, -0.05) is 48.5 Å². The molecule has 3 aromatic carbocycles. The van der Waals surface area contributed by atoms with Crippen molar-refractivity contribution in [2.45, 2.75) is 5.09 Å². The van der Waals surface area contributed by atoms with Crippen LogP contribution in [0, 0.1) is 0 Å². The first-order chi connectivity index (χ1) is 9.75. The van der Waals surface area contributed by atoms with Crippen LogP contribution in [0.1, 0.15) is 0 Å². The summed E-state index contributed by atoms with van der Waals surface area (Å²) in [5, 5.41) is 4.96. The number of hydrogen-bond donors (Lipinski definition) is 1. The second kappa shape index (κ2) is 4.12. The van der Waals surface area contributed by atoms with Crippen molar-refractivity contribution in [3.63, 3.8) is 0 Å². The van der Waals surface area contributed by atoms with Crippen molar-refractivity contribution in [2.75, 3.05) is 0 Å². The van der Waals surface area contributed by atoms with Gasteiger partial charge in [-0.2, -0.15) is 0 Å². The molecule has 3 heteroatoms. The van der Waals surface area contributed by atoms with E-state index in [-0.39, 0.29) is 5.43 Å². The molecule has 0 saturated carbocycles. The molecule has 20 heavy (non-hydrogen) atoms. The summed E-state index contributed by atoms with van der Waals surface area (Å²) in [6.07, 6.45) is 0. The SMILES string of the molecule is O=c1cc(S)oc2c3ccccc3c3ccccc3c12. The fourth-order valence-corrected chi connectivity index (χ4v) is 2.99. The summed E-state index contributed by atoms with van der Waals surface area (Å²) in [6, 6.07) is 17.3. The van der Waals surface area contributed by atoms with Crippen LogP contribution in [0.2, 0.25) is 0 Å². The molecule has 0 saturated heterocycles. The minimum absolute atomic E-state index is 0.0572. The van der Waals surface area contributed by atoms with Crippen molar-refractivity contribution in [1.82, 2.24) is 0 Å². The van der Waals surface area contributed by atoms with Gasteiger partial charge < -0.3 is 4.42 Å². The number of thiol groups is 1. The largest absolute Gasteiger partial charge is 0.449 e. The smallest absolute Gasteiger partial charge is 0.194 e. The first kappa shape index (κ1) is 11.6. The van der Waals surface area contributed by atoms with Gasteiger partial charge in [0.2, 0.25) is 0 Å². The maximum absolute atomic E-state index is 12.3. The Kier molecular flexibility index (Phi) is 2.38. The predicted octanol–water partition coefficient (Wildman–Crippen LogP) is 4.39. The van der Waals surface area contributed by atoms with Gasteiger partial charge in [0.15, 0.2) is 10.5 Å². The average molecular weight is 278 g/mol. The van der Waals surface area contributed by atoms with Crippen LogP contribution in [0.25, 0.3) is 32.5 Å². The van der Waals surface area contributed by atoms with E-state index in [1.807, 2.05) is 48.5 Å². The zero-order chi connectivity index (χ0) is 13.7. The Morgan fingerprint density at radius 1 is 0.800 bits per heavy atom. The quantitative estimate of drug-likeness (QED) is 0.382. The Morgan fingerprint density at radius 2 is 1.35 bits per heavy atom. The lowest BCUT2D eigenvalue weighted by atomic mass is 9.98. The topological polar surface area (TPSA) is 30.2 Å². The van der Waals surface area contributed by atoms with E-state index < -0.39 is 0 Å². The molecule has 0 spiro atoms. The molecule has 2 nitrogen and oxygen atoms in total. The third-order valence-electron chi connectivity index (χ3n) is 3.59. The van der Waals surface area contributed by atoms with Crippen molar-refractivity contribution >= 4 is 45.1 Å².